The van der Waals surface area contributed by atoms with Crippen molar-refractivity contribution in [1.82, 2.24) is 10.2 Å². The molecule has 2 N–H and O–H groups in total. The van der Waals surface area contributed by atoms with Gasteiger partial charge in [-0.3, -0.25) is 4.79 Å². The molecule has 4 nitrogen and oxygen atoms in total. The Bertz CT molecular complexity index is 357. The van der Waals surface area contributed by atoms with Crippen molar-refractivity contribution < 1.29 is 23.1 Å². The van der Waals surface area contributed by atoms with Gasteiger partial charge in [-0.05, 0) is 25.2 Å². The van der Waals surface area contributed by atoms with Crippen molar-refractivity contribution in [2.24, 2.45) is 11.8 Å². The molecule has 1 aliphatic carbocycles. The predicted molar refractivity (Wildman–Crippen MR) is 72.0 cm³/mol. The van der Waals surface area contributed by atoms with E-state index in [2.05, 4.69) is 5.32 Å². The molecule has 1 saturated carbocycles. The topological polar surface area (TPSA) is 52.6 Å². The number of rotatable bonds is 5. The van der Waals surface area contributed by atoms with Crippen molar-refractivity contribution in [3.8, 4) is 0 Å². The highest BCUT2D eigenvalue weighted by atomic mass is 19.4. The molecular formula is C14H23F3N2O2. The Hall–Kier alpha value is -0.820. The normalized spacial score (nSPS) is 28.9. The van der Waals surface area contributed by atoms with Crippen LogP contribution in [-0.2, 0) is 4.79 Å². The smallest absolute Gasteiger partial charge is 0.401 e. The first-order valence-corrected chi connectivity index (χ1v) is 7.59. The van der Waals surface area contributed by atoms with E-state index >= 15 is 0 Å². The molecule has 0 aromatic carbocycles. The molecule has 0 aromatic rings. The number of carbonyl (C=O) groups is 1. The largest absolute Gasteiger partial charge is 0.481 e. The average Bonchev–Trinajstić information content (AvgIpc) is 2.88. The van der Waals surface area contributed by atoms with Gasteiger partial charge in [0.2, 0.25) is 0 Å². The lowest BCUT2D eigenvalue weighted by atomic mass is 9.93. The van der Waals surface area contributed by atoms with Crippen LogP contribution in [0.5, 0.6) is 0 Å². The van der Waals surface area contributed by atoms with E-state index in [1.54, 1.807) is 0 Å². The minimum Gasteiger partial charge on any atom is -0.481 e. The SMILES string of the molecule is O=C(O)C1CC(NCC(F)(F)F)CN(CC2CCCC2)C1. The number of carboxylic acid groups (broad SMARTS) is 1. The zero-order valence-electron chi connectivity index (χ0n) is 12.0. The lowest BCUT2D eigenvalue weighted by Gasteiger charge is -2.38. The van der Waals surface area contributed by atoms with Gasteiger partial charge in [0.15, 0.2) is 0 Å². The van der Waals surface area contributed by atoms with Crippen molar-refractivity contribution in [2.45, 2.75) is 44.3 Å². The average molecular weight is 308 g/mol. The van der Waals surface area contributed by atoms with Crippen LogP contribution in [0.4, 0.5) is 13.2 Å². The van der Waals surface area contributed by atoms with E-state index in [4.69, 9.17) is 0 Å². The zero-order valence-corrected chi connectivity index (χ0v) is 12.0. The quantitative estimate of drug-likeness (QED) is 0.817. The van der Waals surface area contributed by atoms with Crippen molar-refractivity contribution in [3.05, 3.63) is 0 Å². The van der Waals surface area contributed by atoms with Gasteiger partial charge >= 0.3 is 12.1 Å². The molecule has 2 unspecified atom stereocenters. The summed E-state index contributed by atoms with van der Waals surface area (Å²) in [5.41, 5.74) is 0. The van der Waals surface area contributed by atoms with Crippen LogP contribution in [0.25, 0.3) is 0 Å². The number of carboxylic acids is 1. The number of alkyl halides is 3. The van der Waals surface area contributed by atoms with Crippen molar-refractivity contribution in [1.29, 1.82) is 0 Å². The van der Waals surface area contributed by atoms with Crippen LogP contribution in [0.2, 0.25) is 0 Å². The fourth-order valence-electron chi connectivity index (χ4n) is 3.48. The number of likely N-dealkylation sites (tertiary alicyclic amines) is 1. The van der Waals surface area contributed by atoms with E-state index in [0.29, 0.717) is 19.0 Å². The molecule has 2 aliphatic rings. The van der Waals surface area contributed by atoms with Gasteiger partial charge in [-0.15, -0.1) is 0 Å². The van der Waals surface area contributed by atoms with Gasteiger partial charge < -0.3 is 15.3 Å². The van der Waals surface area contributed by atoms with E-state index in [0.717, 1.165) is 19.4 Å². The summed E-state index contributed by atoms with van der Waals surface area (Å²) in [7, 11) is 0. The summed E-state index contributed by atoms with van der Waals surface area (Å²) in [4.78, 5) is 13.2. The second kappa shape index (κ2) is 6.96. The number of hydrogen-bond donors (Lipinski definition) is 2. The molecule has 0 spiro atoms. The first kappa shape index (κ1) is 16.5. The predicted octanol–water partition coefficient (Wildman–Crippen LogP) is 2.10. The van der Waals surface area contributed by atoms with Gasteiger partial charge in [0.1, 0.15) is 0 Å². The monoisotopic (exact) mass is 308 g/mol. The summed E-state index contributed by atoms with van der Waals surface area (Å²) in [6, 6.07) is -0.400. The second-order valence-electron chi connectivity index (χ2n) is 6.33. The number of nitrogens with one attached hydrogen (secondary N) is 1. The fraction of sp³-hybridized carbons (Fsp3) is 0.929. The summed E-state index contributed by atoms with van der Waals surface area (Å²) < 4.78 is 36.9. The molecule has 2 atom stereocenters. The van der Waals surface area contributed by atoms with Gasteiger partial charge in [0.25, 0.3) is 0 Å². The van der Waals surface area contributed by atoms with E-state index in [-0.39, 0.29) is 6.42 Å². The summed E-state index contributed by atoms with van der Waals surface area (Å²) >= 11 is 0. The molecule has 1 saturated heterocycles. The van der Waals surface area contributed by atoms with E-state index in [1.807, 2.05) is 4.90 Å². The number of halogens is 3. The summed E-state index contributed by atoms with van der Waals surface area (Å²) in [5.74, 6) is -0.920. The van der Waals surface area contributed by atoms with Crippen LogP contribution in [0, 0.1) is 11.8 Å². The van der Waals surface area contributed by atoms with E-state index in [9.17, 15) is 23.1 Å². The highest BCUT2D eigenvalue weighted by Gasteiger charge is 2.35. The highest BCUT2D eigenvalue weighted by Crippen LogP contribution is 2.27. The van der Waals surface area contributed by atoms with Crippen molar-refractivity contribution in [3.63, 3.8) is 0 Å². The van der Waals surface area contributed by atoms with E-state index in [1.165, 1.54) is 12.8 Å². The Morgan fingerprint density at radius 3 is 2.48 bits per heavy atom. The molecule has 122 valence electrons. The summed E-state index contributed by atoms with van der Waals surface area (Å²) in [5, 5.41) is 11.7. The maximum absolute atomic E-state index is 12.3. The van der Waals surface area contributed by atoms with Crippen molar-refractivity contribution in [2.75, 3.05) is 26.2 Å². The zero-order chi connectivity index (χ0) is 15.5. The maximum Gasteiger partial charge on any atom is 0.401 e. The number of aliphatic carboxylic acids is 1. The van der Waals surface area contributed by atoms with Crippen LogP contribution in [-0.4, -0.2) is 54.4 Å². The summed E-state index contributed by atoms with van der Waals surface area (Å²) in [6.45, 7) is 0.724. The van der Waals surface area contributed by atoms with Gasteiger partial charge in [-0.1, -0.05) is 12.8 Å². The van der Waals surface area contributed by atoms with Gasteiger partial charge in [-0.2, -0.15) is 13.2 Å². The number of hydrogen-bond acceptors (Lipinski definition) is 3. The van der Waals surface area contributed by atoms with Crippen LogP contribution in [0.15, 0.2) is 0 Å². The molecule has 0 amide bonds. The molecule has 0 aromatic heterocycles. The van der Waals surface area contributed by atoms with Crippen LogP contribution in [0.3, 0.4) is 0 Å². The fourth-order valence-corrected chi connectivity index (χ4v) is 3.48. The first-order chi connectivity index (χ1) is 9.83. The standard InChI is InChI=1S/C14H23F3N2O2/c15-14(16,17)9-18-12-5-11(13(20)21)7-19(8-12)6-10-3-1-2-4-10/h10-12,18H,1-9H2,(H,20,21). The van der Waals surface area contributed by atoms with Crippen LogP contribution < -0.4 is 5.32 Å². The van der Waals surface area contributed by atoms with Gasteiger partial charge in [0.05, 0.1) is 12.5 Å². The lowest BCUT2D eigenvalue weighted by molar-refractivity contribution is -0.144. The molecule has 0 radical (unpaired) electrons. The first-order valence-electron chi connectivity index (χ1n) is 7.59. The second-order valence-corrected chi connectivity index (χ2v) is 6.33. The van der Waals surface area contributed by atoms with E-state index < -0.39 is 30.7 Å². The Morgan fingerprint density at radius 1 is 1.24 bits per heavy atom. The number of piperidine rings is 1. The molecule has 1 aliphatic heterocycles. The molecule has 0 bridgehead atoms. The Balaban J connectivity index is 1.89. The summed E-state index contributed by atoms with van der Waals surface area (Å²) in [6.07, 6.45) is 0.718. The van der Waals surface area contributed by atoms with Crippen LogP contribution >= 0.6 is 0 Å². The highest BCUT2D eigenvalue weighted by molar-refractivity contribution is 5.70. The molecule has 7 heteroatoms. The lowest BCUT2D eigenvalue weighted by Crippen LogP contribution is -2.53. The third kappa shape index (κ3) is 5.47. The minimum absolute atomic E-state index is 0.270. The molecule has 21 heavy (non-hydrogen) atoms. The molecule has 2 fully saturated rings. The molecule has 1 heterocycles. The Labute approximate surface area is 122 Å². The third-order valence-electron chi connectivity index (χ3n) is 4.46. The number of nitrogens with zero attached hydrogens (tertiary/aromatic N) is 1. The van der Waals surface area contributed by atoms with Gasteiger partial charge in [0, 0.05) is 25.7 Å². The molecule has 2 rings (SSSR count). The maximum atomic E-state index is 12.3. The Kier molecular flexibility index (Phi) is 5.48. The minimum atomic E-state index is -4.26. The van der Waals surface area contributed by atoms with Crippen molar-refractivity contribution >= 4 is 5.97 Å². The third-order valence-corrected chi connectivity index (χ3v) is 4.46. The van der Waals surface area contributed by atoms with Gasteiger partial charge in [-0.25, -0.2) is 0 Å². The Morgan fingerprint density at radius 2 is 1.90 bits per heavy atom. The van der Waals surface area contributed by atoms with Crippen LogP contribution in [0.1, 0.15) is 32.1 Å². The molecular weight excluding hydrogens is 285 g/mol.